The van der Waals surface area contributed by atoms with Gasteiger partial charge in [-0.2, -0.15) is 4.31 Å². The van der Waals surface area contributed by atoms with Crippen LogP contribution in [0.2, 0.25) is 0 Å². The number of rotatable bonds is 4. The van der Waals surface area contributed by atoms with Gasteiger partial charge >= 0.3 is 0 Å². The molecule has 1 aromatic rings. The number of nitrogens with one attached hydrogen (secondary N) is 1. The van der Waals surface area contributed by atoms with Gasteiger partial charge < -0.3 is 5.32 Å². The molecular weight excluding hydrogens is 274 g/mol. The summed E-state index contributed by atoms with van der Waals surface area (Å²) in [6.45, 7) is 5.34. The summed E-state index contributed by atoms with van der Waals surface area (Å²) in [5.41, 5.74) is 0.978. The molecule has 0 aliphatic carbocycles. The van der Waals surface area contributed by atoms with Gasteiger partial charge in [0.1, 0.15) is 0 Å². The van der Waals surface area contributed by atoms with E-state index < -0.39 is 10.0 Å². The van der Waals surface area contributed by atoms with E-state index in [9.17, 15) is 8.42 Å². The summed E-state index contributed by atoms with van der Waals surface area (Å²) in [5, 5.41) is 3.17. The molecule has 1 N–H and O–H groups in total. The first-order chi connectivity index (χ1) is 9.45. The largest absolute Gasteiger partial charge is 0.316 e. The van der Waals surface area contributed by atoms with E-state index >= 15 is 0 Å². The minimum absolute atomic E-state index is 0.0509. The van der Waals surface area contributed by atoms with Gasteiger partial charge in [0.2, 0.25) is 0 Å². The van der Waals surface area contributed by atoms with E-state index in [1.165, 1.54) is 0 Å². The average Bonchev–Trinajstić information content (AvgIpc) is 2.42. The van der Waals surface area contributed by atoms with Gasteiger partial charge in [-0.15, -0.1) is 0 Å². The molecule has 1 saturated heterocycles. The molecule has 1 fully saturated rings. The first-order valence-corrected chi connectivity index (χ1v) is 8.50. The van der Waals surface area contributed by atoms with Crippen molar-refractivity contribution in [2.45, 2.75) is 44.3 Å². The molecule has 1 aromatic heterocycles. The maximum atomic E-state index is 12.7. The molecule has 2 unspecified atom stereocenters. The maximum absolute atomic E-state index is 12.7. The summed E-state index contributed by atoms with van der Waals surface area (Å²) >= 11 is 0. The third-order valence-corrected chi connectivity index (χ3v) is 5.71. The lowest BCUT2D eigenvalue weighted by molar-refractivity contribution is 0.217. The summed E-state index contributed by atoms with van der Waals surface area (Å²) in [5.74, 6) is 0.407. The van der Waals surface area contributed by atoms with Gasteiger partial charge in [-0.05, 0) is 44.4 Å². The van der Waals surface area contributed by atoms with Crippen LogP contribution in [0.4, 0.5) is 0 Å². The minimum atomic E-state index is -3.47. The summed E-state index contributed by atoms with van der Waals surface area (Å²) < 4.78 is 26.9. The van der Waals surface area contributed by atoms with E-state index in [1.807, 2.05) is 20.0 Å². The normalized spacial score (nSPS) is 24.8. The Kier molecular flexibility index (Phi) is 4.78. The summed E-state index contributed by atoms with van der Waals surface area (Å²) in [7, 11) is -1.63. The van der Waals surface area contributed by atoms with Crippen LogP contribution in [0.5, 0.6) is 0 Å². The fraction of sp³-hybridized carbons (Fsp3) is 0.643. The minimum Gasteiger partial charge on any atom is -0.316 e. The Bertz CT molecular complexity index is 542. The van der Waals surface area contributed by atoms with Crippen molar-refractivity contribution in [1.29, 1.82) is 0 Å². The number of aromatic nitrogens is 1. The van der Waals surface area contributed by atoms with Crippen molar-refractivity contribution in [2.24, 2.45) is 5.92 Å². The molecule has 0 bridgehead atoms. The highest BCUT2D eigenvalue weighted by Crippen LogP contribution is 2.27. The Balaban J connectivity index is 2.24. The molecular formula is C14H23N3O2S. The van der Waals surface area contributed by atoms with Crippen molar-refractivity contribution >= 4 is 10.0 Å². The van der Waals surface area contributed by atoms with Crippen LogP contribution in [0.15, 0.2) is 23.4 Å². The molecule has 2 atom stereocenters. The van der Waals surface area contributed by atoms with Gasteiger partial charge in [-0.1, -0.05) is 13.0 Å². The molecule has 5 nitrogen and oxygen atoms in total. The lowest BCUT2D eigenvalue weighted by atomic mass is 9.97. The SMILES string of the molecule is CNCc1ccc(S(=O)(=O)N2CC(C)CCC2C)nc1. The standard InChI is InChI=1S/C14H23N3O2S/c1-11-4-5-12(2)17(10-11)20(18,19)14-7-6-13(8-15-3)9-16-14/h6-7,9,11-12,15H,4-5,8,10H2,1-3H3. The molecule has 2 heterocycles. The number of nitrogens with zero attached hydrogens (tertiary/aromatic N) is 2. The van der Waals surface area contributed by atoms with E-state index in [-0.39, 0.29) is 11.1 Å². The van der Waals surface area contributed by atoms with E-state index in [1.54, 1.807) is 16.6 Å². The average molecular weight is 297 g/mol. The predicted molar refractivity (Wildman–Crippen MR) is 78.8 cm³/mol. The van der Waals surface area contributed by atoms with Crippen molar-refractivity contribution in [3.05, 3.63) is 23.9 Å². The zero-order valence-corrected chi connectivity index (χ0v) is 13.2. The number of pyridine rings is 1. The van der Waals surface area contributed by atoms with Crippen LogP contribution < -0.4 is 5.32 Å². The molecule has 1 aliphatic rings. The quantitative estimate of drug-likeness (QED) is 0.917. The van der Waals surface area contributed by atoms with E-state index in [2.05, 4.69) is 17.2 Å². The Morgan fingerprint density at radius 1 is 1.35 bits per heavy atom. The van der Waals surface area contributed by atoms with Crippen LogP contribution >= 0.6 is 0 Å². The number of piperidine rings is 1. The van der Waals surface area contributed by atoms with Crippen LogP contribution in [-0.2, 0) is 16.6 Å². The lowest BCUT2D eigenvalue weighted by Crippen LogP contribution is -2.45. The fourth-order valence-corrected chi connectivity index (χ4v) is 4.27. The number of hydrogen-bond acceptors (Lipinski definition) is 4. The highest BCUT2D eigenvalue weighted by atomic mass is 32.2. The Labute approximate surface area is 121 Å². The molecule has 0 aromatic carbocycles. The van der Waals surface area contributed by atoms with Crippen molar-refractivity contribution < 1.29 is 8.42 Å². The predicted octanol–water partition coefficient (Wildman–Crippen LogP) is 1.61. The van der Waals surface area contributed by atoms with Gasteiger partial charge in [-0.25, -0.2) is 13.4 Å². The first kappa shape index (κ1) is 15.4. The van der Waals surface area contributed by atoms with Crippen molar-refractivity contribution in [2.75, 3.05) is 13.6 Å². The van der Waals surface area contributed by atoms with Gasteiger partial charge in [0, 0.05) is 25.3 Å². The smallest absolute Gasteiger partial charge is 0.260 e. The molecule has 0 radical (unpaired) electrons. The summed E-state index contributed by atoms with van der Waals surface area (Å²) in [6, 6.07) is 3.47. The molecule has 0 saturated carbocycles. The second-order valence-corrected chi connectivity index (χ2v) is 7.48. The van der Waals surface area contributed by atoms with Gasteiger partial charge in [0.05, 0.1) is 0 Å². The van der Waals surface area contributed by atoms with Crippen molar-refractivity contribution in [3.8, 4) is 0 Å². The van der Waals surface area contributed by atoms with Crippen molar-refractivity contribution in [1.82, 2.24) is 14.6 Å². The number of sulfonamides is 1. The molecule has 20 heavy (non-hydrogen) atoms. The monoisotopic (exact) mass is 297 g/mol. The van der Waals surface area contributed by atoms with Gasteiger partial charge in [-0.3, -0.25) is 0 Å². The summed E-state index contributed by atoms with van der Waals surface area (Å²) in [6.07, 6.45) is 3.63. The van der Waals surface area contributed by atoms with Crippen LogP contribution in [-0.4, -0.2) is 37.3 Å². The van der Waals surface area contributed by atoms with Crippen molar-refractivity contribution in [3.63, 3.8) is 0 Å². The van der Waals surface area contributed by atoms with E-state index in [0.29, 0.717) is 19.0 Å². The Hall–Kier alpha value is -0.980. The molecule has 1 aliphatic heterocycles. The second-order valence-electron chi connectivity index (χ2n) is 5.64. The lowest BCUT2D eigenvalue weighted by Gasteiger charge is -2.35. The third-order valence-electron chi connectivity index (χ3n) is 3.81. The van der Waals surface area contributed by atoms with Crippen LogP contribution in [0.25, 0.3) is 0 Å². The topological polar surface area (TPSA) is 62.3 Å². The molecule has 112 valence electrons. The summed E-state index contributed by atoms with van der Waals surface area (Å²) in [4.78, 5) is 4.13. The molecule has 0 amide bonds. The Morgan fingerprint density at radius 3 is 2.70 bits per heavy atom. The maximum Gasteiger partial charge on any atom is 0.260 e. The molecule has 6 heteroatoms. The first-order valence-electron chi connectivity index (χ1n) is 7.06. The fourth-order valence-electron chi connectivity index (χ4n) is 2.58. The van der Waals surface area contributed by atoms with Gasteiger partial charge in [0.15, 0.2) is 5.03 Å². The molecule has 0 spiro atoms. The van der Waals surface area contributed by atoms with Crippen LogP contribution in [0.1, 0.15) is 32.3 Å². The van der Waals surface area contributed by atoms with E-state index in [4.69, 9.17) is 0 Å². The third kappa shape index (κ3) is 3.19. The van der Waals surface area contributed by atoms with Crippen LogP contribution in [0.3, 0.4) is 0 Å². The number of hydrogen-bond donors (Lipinski definition) is 1. The van der Waals surface area contributed by atoms with Gasteiger partial charge in [0.25, 0.3) is 10.0 Å². The second kappa shape index (κ2) is 6.20. The zero-order chi connectivity index (χ0) is 14.8. The highest BCUT2D eigenvalue weighted by molar-refractivity contribution is 7.89. The highest BCUT2D eigenvalue weighted by Gasteiger charge is 2.34. The van der Waals surface area contributed by atoms with E-state index in [0.717, 1.165) is 18.4 Å². The molecule has 2 rings (SSSR count). The van der Waals surface area contributed by atoms with Crippen LogP contribution in [0, 0.1) is 5.92 Å². The Morgan fingerprint density at radius 2 is 2.10 bits per heavy atom. The zero-order valence-electron chi connectivity index (χ0n) is 12.3.